The second-order valence-electron chi connectivity index (χ2n) is 4.90. The van der Waals surface area contributed by atoms with Crippen LogP contribution in [-0.2, 0) is 4.79 Å². The van der Waals surface area contributed by atoms with Gasteiger partial charge in [0.1, 0.15) is 5.54 Å². The Bertz CT molecular complexity index is 470. The Morgan fingerprint density at radius 1 is 1.28 bits per heavy atom. The first-order valence-corrected chi connectivity index (χ1v) is 5.79. The number of amides is 3. The molecule has 1 atom stereocenters. The molecule has 1 aromatic rings. The average molecular weight is 248 g/mol. The smallest absolute Gasteiger partial charge is 0.325 e. The molecule has 1 fully saturated rings. The average Bonchev–Trinajstić information content (AvgIpc) is 2.52. The molecule has 1 aliphatic rings. The zero-order chi connectivity index (χ0) is 13.3. The molecule has 0 unspecified atom stereocenters. The summed E-state index contributed by atoms with van der Waals surface area (Å²) in [6.07, 6.45) is -0.866. The van der Waals surface area contributed by atoms with Crippen molar-refractivity contribution in [2.24, 2.45) is 0 Å². The Hall–Kier alpha value is -1.88. The first kappa shape index (κ1) is 12.6. The molecule has 2 rings (SSSR count). The summed E-state index contributed by atoms with van der Waals surface area (Å²) in [4.78, 5) is 24.6. The fourth-order valence-electron chi connectivity index (χ4n) is 1.94. The van der Waals surface area contributed by atoms with Crippen molar-refractivity contribution in [3.63, 3.8) is 0 Å². The summed E-state index contributed by atoms with van der Waals surface area (Å²) < 4.78 is 0. The van der Waals surface area contributed by atoms with E-state index in [-0.39, 0.29) is 12.5 Å². The maximum Gasteiger partial charge on any atom is 0.325 e. The fourth-order valence-corrected chi connectivity index (χ4v) is 1.94. The Morgan fingerprint density at radius 3 is 2.39 bits per heavy atom. The molecule has 96 valence electrons. The molecule has 1 saturated heterocycles. The molecule has 18 heavy (non-hydrogen) atoms. The molecule has 1 aliphatic heterocycles. The summed E-state index contributed by atoms with van der Waals surface area (Å²) in [5.74, 6) is -0.317. The Morgan fingerprint density at radius 2 is 1.89 bits per heavy atom. The Balaban J connectivity index is 2.11. The van der Waals surface area contributed by atoms with Crippen LogP contribution in [-0.4, -0.2) is 34.0 Å². The second-order valence-corrected chi connectivity index (χ2v) is 4.90. The molecule has 0 aliphatic carbocycles. The molecule has 2 N–H and O–H groups in total. The first-order chi connectivity index (χ1) is 8.42. The van der Waals surface area contributed by atoms with Crippen LogP contribution in [0, 0.1) is 0 Å². The van der Waals surface area contributed by atoms with Crippen molar-refractivity contribution in [1.29, 1.82) is 0 Å². The number of nitrogens with one attached hydrogen (secondary N) is 1. The van der Waals surface area contributed by atoms with Gasteiger partial charge in [-0.1, -0.05) is 30.3 Å². The second kappa shape index (κ2) is 4.42. The summed E-state index contributed by atoms with van der Waals surface area (Å²) in [5.41, 5.74) is -0.212. The first-order valence-electron chi connectivity index (χ1n) is 5.79. The number of β-amino-alcohol motifs (C(OH)–C–C–N with tert-alkyl or cyclic N) is 1. The molecule has 0 spiro atoms. The summed E-state index contributed by atoms with van der Waals surface area (Å²) in [5, 5.41) is 12.6. The topological polar surface area (TPSA) is 69.6 Å². The van der Waals surface area contributed by atoms with Gasteiger partial charge in [-0.2, -0.15) is 0 Å². The Labute approximate surface area is 105 Å². The third-order valence-electron chi connectivity index (χ3n) is 2.98. The van der Waals surface area contributed by atoms with Gasteiger partial charge >= 0.3 is 6.03 Å². The third-order valence-corrected chi connectivity index (χ3v) is 2.98. The van der Waals surface area contributed by atoms with Gasteiger partial charge in [0.2, 0.25) is 0 Å². The number of rotatable bonds is 3. The van der Waals surface area contributed by atoms with Crippen LogP contribution in [0.25, 0.3) is 0 Å². The summed E-state index contributed by atoms with van der Waals surface area (Å²) in [6, 6.07) is 8.50. The summed E-state index contributed by atoms with van der Waals surface area (Å²) >= 11 is 0. The molecule has 1 heterocycles. The van der Waals surface area contributed by atoms with E-state index in [1.165, 1.54) is 0 Å². The lowest BCUT2D eigenvalue weighted by atomic mass is 10.1. The highest BCUT2D eigenvalue weighted by molar-refractivity contribution is 6.06. The van der Waals surface area contributed by atoms with E-state index in [0.29, 0.717) is 5.56 Å². The zero-order valence-electron chi connectivity index (χ0n) is 10.4. The maximum atomic E-state index is 11.9. The van der Waals surface area contributed by atoms with E-state index in [0.717, 1.165) is 4.90 Å². The molecular weight excluding hydrogens is 232 g/mol. The van der Waals surface area contributed by atoms with Gasteiger partial charge in [-0.3, -0.25) is 9.69 Å². The molecular formula is C13H16N2O3. The van der Waals surface area contributed by atoms with Crippen LogP contribution in [0.5, 0.6) is 0 Å². The van der Waals surface area contributed by atoms with Crippen LogP contribution >= 0.6 is 0 Å². The quantitative estimate of drug-likeness (QED) is 0.785. The van der Waals surface area contributed by atoms with Crippen LogP contribution in [0.1, 0.15) is 25.5 Å². The lowest BCUT2D eigenvalue weighted by Crippen LogP contribution is -2.40. The van der Waals surface area contributed by atoms with Gasteiger partial charge in [0.05, 0.1) is 12.6 Å². The van der Waals surface area contributed by atoms with Gasteiger partial charge < -0.3 is 10.4 Å². The van der Waals surface area contributed by atoms with Gasteiger partial charge in [0, 0.05) is 0 Å². The number of carbonyl (C=O) groups excluding carboxylic acids is 2. The van der Waals surface area contributed by atoms with Crippen LogP contribution in [0.15, 0.2) is 30.3 Å². The maximum absolute atomic E-state index is 11.9. The van der Waals surface area contributed by atoms with Crippen LogP contribution in [0.4, 0.5) is 4.79 Å². The van der Waals surface area contributed by atoms with Crippen molar-refractivity contribution in [3.05, 3.63) is 35.9 Å². The predicted octanol–water partition coefficient (Wildman–Crippen LogP) is 1.05. The van der Waals surface area contributed by atoms with E-state index in [1.807, 2.05) is 6.07 Å². The molecule has 1 aromatic carbocycles. The molecule has 0 saturated carbocycles. The number of hydrogen-bond donors (Lipinski definition) is 2. The molecule has 5 nitrogen and oxygen atoms in total. The number of benzene rings is 1. The minimum absolute atomic E-state index is 0.0297. The number of aliphatic hydroxyl groups excluding tert-OH is 1. The van der Waals surface area contributed by atoms with Crippen molar-refractivity contribution in [2.75, 3.05) is 6.54 Å². The number of carbonyl (C=O) groups is 2. The highest BCUT2D eigenvalue weighted by atomic mass is 16.3. The van der Waals surface area contributed by atoms with Crippen LogP contribution in [0.2, 0.25) is 0 Å². The van der Waals surface area contributed by atoms with E-state index in [2.05, 4.69) is 5.32 Å². The monoisotopic (exact) mass is 248 g/mol. The lowest BCUT2D eigenvalue weighted by Gasteiger charge is -2.19. The molecule has 0 bridgehead atoms. The van der Waals surface area contributed by atoms with Gasteiger partial charge in [0.15, 0.2) is 0 Å². The third kappa shape index (κ3) is 2.22. The van der Waals surface area contributed by atoms with Crippen LogP contribution < -0.4 is 5.32 Å². The van der Waals surface area contributed by atoms with Gasteiger partial charge in [-0.25, -0.2) is 4.79 Å². The van der Waals surface area contributed by atoms with Crippen molar-refractivity contribution in [3.8, 4) is 0 Å². The van der Waals surface area contributed by atoms with Crippen molar-refractivity contribution < 1.29 is 14.7 Å². The van der Waals surface area contributed by atoms with E-state index in [4.69, 9.17) is 0 Å². The summed E-state index contributed by atoms with van der Waals surface area (Å²) in [7, 11) is 0. The highest BCUT2D eigenvalue weighted by Crippen LogP contribution is 2.21. The molecule has 5 heteroatoms. The number of imide groups is 1. The zero-order valence-corrected chi connectivity index (χ0v) is 10.4. The lowest BCUT2D eigenvalue weighted by molar-refractivity contribution is -0.131. The van der Waals surface area contributed by atoms with E-state index >= 15 is 0 Å². The van der Waals surface area contributed by atoms with Crippen molar-refractivity contribution >= 4 is 11.9 Å². The molecule has 3 amide bonds. The normalized spacial score (nSPS) is 19.8. The number of hydrogen-bond acceptors (Lipinski definition) is 3. The van der Waals surface area contributed by atoms with E-state index in [1.54, 1.807) is 38.1 Å². The molecule has 0 radical (unpaired) electrons. The van der Waals surface area contributed by atoms with Gasteiger partial charge in [-0.15, -0.1) is 0 Å². The van der Waals surface area contributed by atoms with Crippen LogP contribution in [0.3, 0.4) is 0 Å². The SMILES string of the molecule is CC1(C)NC(=O)N(C[C@H](O)c2ccccc2)C1=O. The standard InChI is InChI=1S/C13H16N2O3/c1-13(2)11(17)15(12(18)14-13)8-10(16)9-6-4-3-5-7-9/h3-7,10,16H,8H2,1-2H3,(H,14,18)/t10-/m0/s1. The van der Waals surface area contributed by atoms with Crippen molar-refractivity contribution in [1.82, 2.24) is 10.2 Å². The fraction of sp³-hybridized carbons (Fsp3) is 0.385. The largest absolute Gasteiger partial charge is 0.387 e. The van der Waals surface area contributed by atoms with Gasteiger partial charge in [-0.05, 0) is 19.4 Å². The predicted molar refractivity (Wildman–Crippen MR) is 65.7 cm³/mol. The highest BCUT2D eigenvalue weighted by Gasteiger charge is 2.44. The number of aliphatic hydroxyl groups is 1. The van der Waals surface area contributed by atoms with E-state index in [9.17, 15) is 14.7 Å². The number of urea groups is 1. The van der Waals surface area contributed by atoms with E-state index < -0.39 is 17.7 Å². The van der Waals surface area contributed by atoms with Gasteiger partial charge in [0.25, 0.3) is 5.91 Å². The minimum Gasteiger partial charge on any atom is -0.387 e. The Kier molecular flexibility index (Phi) is 3.09. The minimum atomic E-state index is -0.895. The molecule has 0 aromatic heterocycles. The van der Waals surface area contributed by atoms with Crippen molar-refractivity contribution in [2.45, 2.75) is 25.5 Å². The summed E-state index contributed by atoms with van der Waals surface area (Å²) in [6.45, 7) is 3.25. The number of nitrogens with zero attached hydrogens (tertiary/aromatic N) is 1.